The van der Waals surface area contributed by atoms with Gasteiger partial charge in [0.1, 0.15) is 43.5 Å². The molecule has 4 N–H and O–H groups in total. The lowest BCUT2D eigenvalue weighted by molar-refractivity contribution is -0.145. The summed E-state index contributed by atoms with van der Waals surface area (Å²) in [5.41, 5.74) is 3.15. The second-order valence-electron chi connectivity index (χ2n) is 15.1. The largest absolute Gasteiger partial charge is 0.487 e. The summed E-state index contributed by atoms with van der Waals surface area (Å²) < 4.78 is 44.6. The quantitative estimate of drug-likeness (QED) is 0.194. The van der Waals surface area contributed by atoms with Crippen LogP contribution in [0.1, 0.15) is 50.3 Å². The predicted octanol–water partition coefficient (Wildman–Crippen LogP) is 3.05. The summed E-state index contributed by atoms with van der Waals surface area (Å²) in [4.78, 5) is 66.1. The molecule has 17 heteroatoms. The molecule has 5 rings (SSSR count). The number of ether oxygens (including phenoxy) is 8. The highest BCUT2D eigenvalue weighted by atomic mass is 16.6. The van der Waals surface area contributed by atoms with Crippen LogP contribution in [0.5, 0.6) is 11.5 Å². The van der Waals surface area contributed by atoms with Gasteiger partial charge in [-0.05, 0) is 67.6 Å². The molecule has 3 aromatic carbocycles. The smallest absolute Gasteiger partial charge is 0.407 e. The van der Waals surface area contributed by atoms with Crippen molar-refractivity contribution in [1.29, 1.82) is 0 Å². The number of carbonyl (C=O) groups excluding carboxylic acids is 5. The lowest BCUT2D eigenvalue weighted by atomic mass is 9.90. The number of methoxy groups -OCH3 is 1. The van der Waals surface area contributed by atoms with E-state index in [-0.39, 0.29) is 38.8 Å². The van der Waals surface area contributed by atoms with Crippen molar-refractivity contribution in [3.63, 3.8) is 0 Å². The normalized spacial score (nSPS) is 17.4. The third kappa shape index (κ3) is 13.4. The fourth-order valence-electron chi connectivity index (χ4n) is 6.93. The summed E-state index contributed by atoms with van der Waals surface area (Å²) in [7, 11) is 1.20. The van der Waals surface area contributed by atoms with Crippen molar-refractivity contribution in [2.24, 2.45) is 0 Å². The van der Waals surface area contributed by atoms with E-state index in [1.165, 1.54) is 34.8 Å². The van der Waals surface area contributed by atoms with Crippen molar-refractivity contribution < 1.29 is 61.9 Å². The van der Waals surface area contributed by atoms with E-state index < -0.39 is 53.4 Å². The molecule has 0 saturated carbocycles. The molecule has 17 nitrogen and oxygen atoms in total. The van der Waals surface area contributed by atoms with Gasteiger partial charge in [0.05, 0.1) is 60.0 Å². The summed E-state index contributed by atoms with van der Waals surface area (Å²) in [6.45, 7) is 9.31. The van der Waals surface area contributed by atoms with E-state index in [9.17, 15) is 24.0 Å². The second-order valence-corrected chi connectivity index (χ2v) is 15.1. The highest BCUT2D eigenvalue weighted by molar-refractivity contribution is 5.96. The monoisotopic (exact) mass is 862 g/mol. The van der Waals surface area contributed by atoms with E-state index in [1.54, 1.807) is 18.2 Å². The van der Waals surface area contributed by atoms with Crippen LogP contribution in [-0.2, 0) is 54.0 Å². The molecule has 3 aromatic rings. The summed E-state index contributed by atoms with van der Waals surface area (Å²) in [5.74, 6) is -2.14. The molecule has 1 heterocycles. The van der Waals surface area contributed by atoms with Crippen molar-refractivity contribution in [3.8, 4) is 22.6 Å². The molecule has 4 amide bonds. The van der Waals surface area contributed by atoms with Crippen LogP contribution in [0.4, 0.5) is 4.79 Å². The molecule has 62 heavy (non-hydrogen) atoms. The Morgan fingerprint density at radius 3 is 1.73 bits per heavy atom. The SMILES string of the molecule is COC(=O)[C@H](C)NC(=O)[C@](C)(Cc1ccc2c(c1)OCCOCCOCCOCCOCCO2)NC(=O)[C@H](C)NC(=O)[C@H](C)NC(=O)OCC1c2ccccc2-c2ccccc21. The molecule has 0 spiro atoms. The van der Waals surface area contributed by atoms with Crippen molar-refractivity contribution in [2.45, 2.75) is 63.7 Å². The first-order valence-electron chi connectivity index (χ1n) is 20.7. The Kier molecular flexibility index (Phi) is 17.9. The lowest BCUT2D eigenvalue weighted by Crippen LogP contribution is -2.63. The number of amides is 4. The van der Waals surface area contributed by atoms with E-state index >= 15 is 0 Å². The van der Waals surface area contributed by atoms with Gasteiger partial charge in [-0.15, -0.1) is 0 Å². The Morgan fingerprint density at radius 2 is 1.16 bits per heavy atom. The number of esters is 1. The number of alkyl carbamates (subject to hydrolysis) is 1. The average Bonchev–Trinajstić information content (AvgIpc) is 3.58. The van der Waals surface area contributed by atoms with Gasteiger partial charge in [-0.1, -0.05) is 54.6 Å². The van der Waals surface area contributed by atoms with E-state index in [0.29, 0.717) is 63.3 Å². The van der Waals surface area contributed by atoms with Crippen LogP contribution in [0, 0.1) is 0 Å². The van der Waals surface area contributed by atoms with Crippen LogP contribution in [-0.4, -0.2) is 133 Å². The molecule has 0 bridgehead atoms. The third-order valence-corrected chi connectivity index (χ3v) is 10.3. The zero-order valence-corrected chi connectivity index (χ0v) is 36.0. The van der Waals surface area contributed by atoms with Crippen LogP contribution in [0.2, 0.25) is 0 Å². The van der Waals surface area contributed by atoms with Gasteiger partial charge in [0.15, 0.2) is 11.5 Å². The molecule has 0 unspecified atom stereocenters. The molecule has 1 aliphatic heterocycles. The lowest BCUT2D eigenvalue weighted by Gasteiger charge is -2.32. The zero-order valence-electron chi connectivity index (χ0n) is 36.0. The van der Waals surface area contributed by atoms with Crippen molar-refractivity contribution in [2.75, 3.05) is 79.8 Å². The number of hydrogen-bond acceptors (Lipinski definition) is 13. The van der Waals surface area contributed by atoms with E-state index in [4.69, 9.17) is 37.9 Å². The summed E-state index contributed by atoms with van der Waals surface area (Å²) in [6.07, 6.45) is -0.876. The fraction of sp³-hybridized carbons (Fsp3) is 0.489. The first-order chi connectivity index (χ1) is 29.9. The van der Waals surface area contributed by atoms with Gasteiger partial charge in [0.25, 0.3) is 0 Å². The Bertz CT molecular complexity index is 1950. The third-order valence-electron chi connectivity index (χ3n) is 10.3. The van der Waals surface area contributed by atoms with Crippen LogP contribution < -0.4 is 30.7 Å². The number of nitrogens with one attached hydrogen (secondary N) is 4. The van der Waals surface area contributed by atoms with Crippen LogP contribution in [0.3, 0.4) is 0 Å². The fourth-order valence-corrected chi connectivity index (χ4v) is 6.93. The van der Waals surface area contributed by atoms with E-state index in [0.717, 1.165) is 22.3 Å². The summed E-state index contributed by atoms with van der Waals surface area (Å²) in [6, 6.07) is 17.7. The molecule has 4 atom stereocenters. The molecule has 0 radical (unpaired) electrons. The number of benzene rings is 3. The van der Waals surface area contributed by atoms with Gasteiger partial charge in [0, 0.05) is 12.3 Å². The van der Waals surface area contributed by atoms with E-state index in [2.05, 4.69) is 21.3 Å². The minimum atomic E-state index is -1.67. The van der Waals surface area contributed by atoms with Crippen LogP contribution >= 0.6 is 0 Å². The van der Waals surface area contributed by atoms with Crippen molar-refractivity contribution >= 4 is 29.8 Å². The van der Waals surface area contributed by atoms with E-state index in [1.807, 2.05) is 48.5 Å². The topological polar surface area (TPSA) is 207 Å². The Labute approximate surface area is 361 Å². The Balaban J connectivity index is 1.22. The Hall–Kier alpha value is -5.75. The van der Waals surface area contributed by atoms with Crippen LogP contribution in [0.25, 0.3) is 11.1 Å². The molecule has 0 saturated heterocycles. The molecule has 1 aliphatic carbocycles. The number of carbonyl (C=O) groups is 5. The molecule has 2 aliphatic rings. The van der Waals surface area contributed by atoms with Gasteiger partial charge in [0.2, 0.25) is 17.7 Å². The standard InChI is InChI=1S/C45H58N4O13/c1-29(48-44(54)62-28-37-35-12-8-6-10-33(35)34-11-7-9-13-36(34)37)40(50)46-30(2)41(51)49-45(4,43(53)47-31(3)42(52)55-5)27-32-14-15-38-39(26-32)61-25-23-59-21-19-57-17-16-56-18-20-58-22-24-60-38/h6-15,26,29-31,37H,16-25,27-28H2,1-5H3,(H,46,50)(H,47,53)(H,48,54)(H,49,51)/t29-,30-,31-,45-/m0/s1. The maximum atomic E-state index is 13.9. The molecule has 0 fully saturated rings. The number of hydrogen-bond donors (Lipinski definition) is 4. The van der Waals surface area contributed by atoms with Gasteiger partial charge < -0.3 is 59.2 Å². The Morgan fingerprint density at radius 1 is 0.645 bits per heavy atom. The van der Waals surface area contributed by atoms with Gasteiger partial charge in [-0.3, -0.25) is 14.4 Å². The molecule has 336 valence electrons. The minimum absolute atomic E-state index is 0.0566. The molecular formula is C45H58N4O13. The summed E-state index contributed by atoms with van der Waals surface area (Å²) in [5, 5.41) is 10.5. The summed E-state index contributed by atoms with van der Waals surface area (Å²) >= 11 is 0. The van der Waals surface area contributed by atoms with Gasteiger partial charge >= 0.3 is 12.1 Å². The minimum Gasteiger partial charge on any atom is -0.487 e. The number of fused-ring (bicyclic) bond motifs is 4. The van der Waals surface area contributed by atoms with Gasteiger partial charge in [-0.25, -0.2) is 9.59 Å². The van der Waals surface area contributed by atoms with Crippen LogP contribution in [0.15, 0.2) is 66.7 Å². The molecular weight excluding hydrogens is 805 g/mol. The average molecular weight is 863 g/mol. The van der Waals surface area contributed by atoms with Crippen molar-refractivity contribution in [3.05, 3.63) is 83.4 Å². The zero-order chi connectivity index (χ0) is 44.5. The highest BCUT2D eigenvalue weighted by Crippen LogP contribution is 2.44. The first-order valence-corrected chi connectivity index (χ1v) is 20.7. The molecule has 0 aromatic heterocycles. The second kappa shape index (κ2) is 23.5. The van der Waals surface area contributed by atoms with Gasteiger partial charge in [-0.2, -0.15) is 0 Å². The van der Waals surface area contributed by atoms with Crippen molar-refractivity contribution in [1.82, 2.24) is 21.3 Å². The highest BCUT2D eigenvalue weighted by Gasteiger charge is 2.38. The number of rotatable bonds is 12. The maximum Gasteiger partial charge on any atom is 0.407 e. The maximum absolute atomic E-state index is 13.9. The first kappa shape index (κ1) is 47.3. The predicted molar refractivity (Wildman–Crippen MR) is 226 cm³/mol.